The molecular formula is C22H29N7O3S. The average molecular weight is 472 g/mol. The molecule has 0 atom stereocenters. The average Bonchev–Trinajstić information content (AvgIpc) is 3.21. The minimum Gasteiger partial charge on any atom is -0.378 e. The molecule has 2 saturated heterocycles. The molecule has 5 rings (SSSR count). The van der Waals surface area contributed by atoms with Crippen LogP contribution in [-0.4, -0.2) is 95.7 Å². The molecule has 2 fully saturated rings. The third-order valence-corrected chi connectivity index (χ3v) is 7.58. The number of hydrogen-bond donors (Lipinski definition) is 0. The van der Waals surface area contributed by atoms with E-state index in [1.165, 1.54) is 10.6 Å². The zero-order valence-electron chi connectivity index (χ0n) is 19.0. The van der Waals surface area contributed by atoms with Gasteiger partial charge in [0.2, 0.25) is 10.0 Å². The van der Waals surface area contributed by atoms with E-state index < -0.39 is 10.0 Å². The molecule has 10 nitrogen and oxygen atoms in total. The maximum atomic E-state index is 11.8. The highest BCUT2D eigenvalue weighted by Gasteiger charge is 2.25. The van der Waals surface area contributed by atoms with Crippen LogP contribution in [0.5, 0.6) is 0 Å². The highest BCUT2D eigenvalue weighted by Crippen LogP contribution is 2.27. The van der Waals surface area contributed by atoms with Crippen molar-refractivity contribution in [3.8, 4) is 11.3 Å². The lowest BCUT2D eigenvalue weighted by atomic mass is 10.1. The number of aryl methyl sites for hydroxylation is 1. The molecule has 3 aromatic rings. The highest BCUT2D eigenvalue weighted by molar-refractivity contribution is 7.88. The zero-order chi connectivity index (χ0) is 23.0. The molecule has 0 aromatic carbocycles. The number of hydrogen-bond acceptors (Lipinski definition) is 8. The van der Waals surface area contributed by atoms with Crippen LogP contribution < -0.4 is 4.90 Å². The van der Waals surface area contributed by atoms with Crippen molar-refractivity contribution in [2.45, 2.75) is 13.5 Å². The fraction of sp³-hybridized carbons (Fsp3) is 0.500. The van der Waals surface area contributed by atoms with Crippen molar-refractivity contribution in [3.05, 3.63) is 42.1 Å². The highest BCUT2D eigenvalue weighted by atomic mass is 32.2. The van der Waals surface area contributed by atoms with Gasteiger partial charge in [-0.25, -0.2) is 18.4 Å². The molecule has 0 unspecified atom stereocenters. The second kappa shape index (κ2) is 8.98. The van der Waals surface area contributed by atoms with Gasteiger partial charge in [0.05, 0.1) is 30.9 Å². The van der Waals surface area contributed by atoms with Gasteiger partial charge in [-0.05, 0) is 18.6 Å². The number of imidazole rings is 1. The topological polar surface area (TPSA) is 96.2 Å². The summed E-state index contributed by atoms with van der Waals surface area (Å²) >= 11 is 0. The summed E-state index contributed by atoms with van der Waals surface area (Å²) < 4.78 is 32.7. The predicted molar refractivity (Wildman–Crippen MR) is 126 cm³/mol. The molecular weight excluding hydrogens is 442 g/mol. The third kappa shape index (κ3) is 4.72. The first-order valence-electron chi connectivity index (χ1n) is 11.2. The van der Waals surface area contributed by atoms with Crippen molar-refractivity contribution in [2.24, 2.45) is 0 Å². The Morgan fingerprint density at radius 3 is 2.48 bits per heavy atom. The Balaban J connectivity index is 1.46. The van der Waals surface area contributed by atoms with E-state index in [1.807, 2.05) is 18.5 Å². The lowest BCUT2D eigenvalue weighted by Gasteiger charge is -2.32. The minimum absolute atomic E-state index is 0.511. The standard InChI is InChI=1S/C22H29N7O3S/c1-17-3-4-23-13-19(17)20-16-28-15-18(14-26-5-7-29(8-6-26)33(2,30)31)24-21(28)22(25-20)27-9-11-32-12-10-27/h3-4,13,15-16H,5-12,14H2,1-2H3. The first-order valence-corrected chi connectivity index (χ1v) is 13.0. The molecule has 33 heavy (non-hydrogen) atoms. The van der Waals surface area contributed by atoms with Crippen molar-refractivity contribution in [1.82, 2.24) is 28.6 Å². The second-order valence-electron chi connectivity index (χ2n) is 8.64. The number of ether oxygens (including phenoxy) is 1. The van der Waals surface area contributed by atoms with Crippen LogP contribution in [0.25, 0.3) is 16.9 Å². The second-order valence-corrected chi connectivity index (χ2v) is 10.6. The van der Waals surface area contributed by atoms with Gasteiger partial charge in [0.15, 0.2) is 11.5 Å². The Morgan fingerprint density at radius 1 is 1.03 bits per heavy atom. The Bertz CT molecular complexity index is 1250. The summed E-state index contributed by atoms with van der Waals surface area (Å²) in [6.07, 6.45) is 8.98. The van der Waals surface area contributed by atoms with Gasteiger partial charge in [0.25, 0.3) is 0 Å². The van der Waals surface area contributed by atoms with Gasteiger partial charge >= 0.3 is 0 Å². The van der Waals surface area contributed by atoms with Crippen molar-refractivity contribution >= 4 is 21.5 Å². The number of aromatic nitrogens is 4. The van der Waals surface area contributed by atoms with E-state index in [4.69, 9.17) is 14.7 Å². The van der Waals surface area contributed by atoms with E-state index in [2.05, 4.69) is 32.3 Å². The van der Waals surface area contributed by atoms with Gasteiger partial charge in [-0.2, -0.15) is 4.31 Å². The van der Waals surface area contributed by atoms with Crippen molar-refractivity contribution < 1.29 is 13.2 Å². The number of anilines is 1. The fourth-order valence-corrected chi connectivity index (χ4v) is 5.23. The Morgan fingerprint density at radius 2 is 1.79 bits per heavy atom. The van der Waals surface area contributed by atoms with E-state index in [0.717, 1.165) is 47.1 Å². The summed E-state index contributed by atoms with van der Waals surface area (Å²) in [5, 5.41) is 0. The number of piperazine rings is 1. The van der Waals surface area contributed by atoms with E-state index in [9.17, 15) is 8.42 Å². The normalized spacial score (nSPS) is 18.8. The first-order chi connectivity index (χ1) is 15.9. The molecule has 0 amide bonds. The number of fused-ring (bicyclic) bond motifs is 1. The predicted octanol–water partition coefficient (Wildman–Crippen LogP) is 1.01. The van der Waals surface area contributed by atoms with Crippen LogP contribution in [0.2, 0.25) is 0 Å². The number of nitrogens with zero attached hydrogens (tertiary/aromatic N) is 7. The molecule has 2 aliphatic rings. The fourth-order valence-electron chi connectivity index (χ4n) is 4.41. The molecule has 0 aliphatic carbocycles. The number of sulfonamides is 1. The number of morpholine rings is 1. The van der Waals surface area contributed by atoms with E-state index in [0.29, 0.717) is 45.9 Å². The smallest absolute Gasteiger partial charge is 0.211 e. The van der Waals surface area contributed by atoms with Crippen LogP contribution in [0, 0.1) is 6.92 Å². The third-order valence-electron chi connectivity index (χ3n) is 6.28. The maximum Gasteiger partial charge on any atom is 0.211 e. The summed E-state index contributed by atoms with van der Waals surface area (Å²) in [5.41, 5.74) is 4.75. The number of rotatable bonds is 5. The van der Waals surface area contributed by atoms with Gasteiger partial charge in [-0.15, -0.1) is 0 Å². The molecule has 176 valence electrons. The largest absolute Gasteiger partial charge is 0.378 e. The molecule has 0 bridgehead atoms. The van der Waals surface area contributed by atoms with E-state index in [1.54, 1.807) is 6.20 Å². The zero-order valence-corrected chi connectivity index (χ0v) is 19.8. The summed E-state index contributed by atoms with van der Waals surface area (Å²) in [4.78, 5) is 18.7. The SMILES string of the molecule is Cc1ccncc1-c1cn2cc(CN3CCN(S(C)(=O)=O)CC3)nc2c(N2CCOCC2)n1. The minimum atomic E-state index is -3.14. The Labute approximate surface area is 193 Å². The van der Waals surface area contributed by atoms with E-state index >= 15 is 0 Å². The molecule has 0 saturated carbocycles. The molecule has 5 heterocycles. The van der Waals surface area contributed by atoms with Gasteiger partial charge in [0, 0.05) is 76.2 Å². The van der Waals surface area contributed by atoms with E-state index in [-0.39, 0.29) is 0 Å². The van der Waals surface area contributed by atoms with Crippen molar-refractivity contribution in [3.63, 3.8) is 0 Å². The quantitative estimate of drug-likeness (QED) is 0.544. The maximum absolute atomic E-state index is 11.8. The van der Waals surface area contributed by atoms with Crippen LogP contribution >= 0.6 is 0 Å². The monoisotopic (exact) mass is 471 g/mol. The molecule has 0 radical (unpaired) electrons. The summed E-state index contributed by atoms with van der Waals surface area (Å²) in [7, 11) is -3.14. The van der Waals surface area contributed by atoms with Gasteiger partial charge in [-0.1, -0.05) is 0 Å². The van der Waals surface area contributed by atoms with Gasteiger partial charge in [-0.3, -0.25) is 9.88 Å². The molecule has 2 aliphatic heterocycles. The summed E-state index contributed by atoms with van der Waals surface area (Å²) in [5.74, 6) is 0.854. The summed E-state index contributed by atoms with van der Waals surface area (Å²) in [6, 6.07) is 1.99. The first kappa shape index (κ1) is 22.2. The molecule has 11 heteroatoms. The molecule has 0 N–H and O–H groups in total. The van der Waals surface area contributed by atoms with Crippen LogP contribution in [0.3, 0.4) is 0 Å². The van der Waals surface area contributed by atoms with Crippen LogP contribution in [0.1, 0.15) is 11.3 Å². The van der Waals surface area contributed by atoms with Crippen LogP contribution in [-0.2, 0) is 21.3 Å². The van der Waals surface area contributed by atoms with Crippen LogP contribution in [0.15, 0.2) is 30.9 Å². The van der Waals surface area contributed by atoms with Crippen molar-refractivity contribution in [2.75, 3.05) is 63.6 Å². The Kier molecular flexibility index (Phi) is 6.04. The molecule has 3 aromatic heterocycles. The van der Waals surface area contributed by atoms with Gasteiger partial charge < -0.3 is 14.0 Å². The lowest BCUT2D eigenvalue weighted by molar-refractivity contribution is 0.122. The van der Waals surface area contributed by atoms with Gasteiger partial charge in [0.1, 0.15) is 0 Å². The van der Waals surface area contributed by atoms with Crippen LogP contribution in [0.4, 0.5) is 5.82 Å². The summed E-state index contributed by atoms with van der Waals surface area (Å²) in [6.45, 7) is 8.02. The number of pyridine rings is 1. The molecule has 0 spiro atoms. The Hall–Kier alpha value is -2.60. The van der Waals surface area contributed by atoms with Crippen molar-refractivity contribution in [1.29, 1.82) is 0 Å². The lowest BCUT2D eigenvalue weighted by Crippen LogP contribution is -2.47.